The minimum atomic E-state index is -1.28. The summed E-state index contributed by atoms with van der Waals surface area (Å²) < 4.78 is 0. The van der Waals surface area contributed by atoms with Gasteiger partial charge in [-0.2, -0.15) is 11.8 Å². The van der Waals surface area contributed by atoms with Gasteiger partial charge in [0.15, 0.2) is 0 Å². The maximum Gasteiger partial charge on any atom is 0.326 e. The van der Waals surface area contributed by atoms with Crippen LogP contribution < -0.4 is 16.4 Å². The Balaban J connectivity index is 4.97. The first-order valence-corrected chi connectivity index (χ1v) is 8.79. The molecule has 0 aromatic rings. The molecule has 0 rings (SSSR count). The van der Waals surface area contributed by atoms with E-state index in [0.29, 0.717) is 5.75 Å². The van der Waals surface area contributed by atoms with Crippen LogP contribution in [0.4, 0.5) is 0 Å². The van der Waals surface area contributed by atoms with Crippen LogP contribution in [-0.2, 0) is 19.2 Å². The molecule has 0 aliphatic carbocycles. The predicted octanol–water partition coefficient (Wildman–Crippen LogP) is -0.748. The number of carbonyl (C=O) groups excluding carboxylic acids is 2. The number of nitrogens with one attached hydrogen (secondary N) is 2. The van der Waals surface area contributed by atoms with Gasteiger partial charge in [0.25, 0.3) is 0 Å². The Morgan fingerprint density at radius 3 is 2.08 bits per heavy atom. The van der Waals surface area contributed by atoms with Crippen molar-refractivity contribution in [2.45, 2.75) is 44.8 Å². The van der Waals surface area contributed by atoms with E-state index in [4.69, 9.17) is 15.9 Å². The summed E-state index contributed by atoms with van der Waals surface area (Å²) in [6.07, 6.45) is 1.52. The Labute approximate surface area is 144 Å². The molecule has 24 heavy (non-hydrogen) atoms. The van der Waals surface area contributed by atoms with Gasteiger partial charge in [0, 0.05) is 0 Å². The number of amides is 2. The van der Waals surface area contributed by atoms with E-state index in [0.717, 1.165) is 0 Å². The monoisotopic (exact) mass is 363 g/mol. The van der Waals surface area contributed by atoms with Crippen LogP contribution in [0.1, 0.15) is 26.7 Å². The summed E-state index contributed by atoms with van der Waals surface area (Å²) in [6, 6.07) is -3.35. The lowest BCUT2D eigenvalue weighted by Crippen LogP contribution is -2.55. The molecular weight excluding hydrogens is 338 g/mol. The first-order chi connectivity index (χ1) is 11.1. The average molecular weight is 363 g/mol. The Hall–Kier alpha value is -1.81. The Bertz CT molecular complexity index is 471. The number of nitrogens with two attached hydrogens (primary N) is 1. The molecule has 0 aromatic carbocycles. The first kappa shape index (κ1) is 22.2. The fourth-order valence-corrected chi connectivity index (χ4v) is 2.30. The van der Waals surface area contributed by atoms with Gasteiger partial charge >= 0.3 is 11.9 Å². The highest BCUT2D eigenvalue weighted by Gasteiger charge is 2.29. The normalized spacial score (nSPS) is 14.5. The summed E-state index contributed by atoms with van der Waals surface area (Å²) in [7, 11) is 0. The third-order valence-corrected chi connectivity index (χ3v) is 3.85. The van der Waals surface area contributed by atoms with Crippen LogP contribution in [0.25, 0.3) is 0 Å². The van der Waals surface area contributed by atoms with E-state index < -0.39 is 48.3 Å². The Morgan fingerprint density at radius 2 is 1.67 bits per heavy atom. The van der Waals surface area contributed by atoms with Gasteiger partial charge in [0.2, 0.25) is 11.8 Å². The lowest BCUT2D eigenvalue weighted by molar-refractivity contribution is -0.144. The second-order valence-electron chi connectivity index (χ2n) is 5.62. The third-order valence-electron chi connectivity index (χ3n) is 3.21. The molecule has 10 heteroatoms. The van der Waals surface area contributed by atoms with E-state index in [-0.39, 0.29) is 12.3 Å². The molecule has 138 valence electrons. The molecular formula is C14H25N3O6S. The highest BCUT2D eigenvalue weighted by Crippen LogP contribution is 2.06. The van der Waals surface area contributed by atoms with E-state index in [1.54, 1.807) is 13.8 Å². The second-order valence-corrected chi connectivity index (χ2v) is 6.60. The number of carboxylic acid groups (broad SMARTS) is 2. The smallest absolute Gasteiger partial charge is 0.326 e. The predicted molar refractivity (Wildman–Crippen MR) is 89.6 cm³/mol. The van der Waals surface area contributed by atoms with Crippen molar-refractivity contribution in [1.29, 1.82) is 0 Å². The standard InChI is InChI=1S/C14H25N3O6S/c1-7(2)11(14(22)23)17-13(21)9(4-5-24-3)16-12(20)8(15)6-10(18)19/h7-9,11H,4-6,15H2,1-3H3,(H,16,20)(H,17,21)(H,18,19)(H,22,23). The summed E-state index contributed by atoms with van der Waals surface area (Å²) in [5, 5.41) is 22.6. The Morgan fingerprint density at radius 1 is 1.08 bits per heavy atom. The molecule has 0 fully saturated rings. The lowest BCUT2D eigenvalue weighted by atomic mass is 10.0. The summed E-state index contributed by atoms with van der Waals surface area (Å²) in [5.74, 6) is -3.59. The molecule has 0 heterocycles. The van der Waals surface area contributed by atoms with E-state index >= 15 is 0 Å². The summed E-state index contributed by atoms with van der Waals surface area (Å²) in [4.78, 5) is 46.0. The van der Waals surface area contributed by atoms with Gasteiger partial charge in [-0.1, -0.05) is 13.8 Å². The van der Waals surface area contributed by atoms with Crippen LogP contribution in [0.2, 0.25) is 0 Å². The highest BCUT2D eigenvalue weighted by molar-refractivity contribution is 7.98. The maximum atomic E-state index is 12.3. The van der Waals surface area contributed by atoms with Crippen molar-refractivity contribution in [2.24, 2.45) is 11.7 Å². The number of aliphatic carboxylic acids is 2. The van der Waals surface area contributed by atoms with Crippen molar-refractivity contribution in [2.75, 3.05) is 12.0 Å². The van der Waals surface area contributed by atoms with Crippen LogP contribution in [0.15, 0.2) is 0 Å². The number of thioether (sulfide) groups is 1. The molecule has 3 unspecified atom stereocenters. The van der Waals surface area contributed by atoms with Crippen molar-refractivity contribution in [3.63, 3.8) is 0 Å². The van der Waals surface area contributed by atoms with Crippen LogP contribution in [-0.4, -0.2) is 64.1 Å². The van der Waals surface area contributed by atoms with Crippen LogP contribution >= 0.6 is 11.8 Å². The van der Waals surface area contributed by atoms with Gasteiger partial charge in [-0.25, -0.2) is 4.79 Å². The largest absolute Gasteiger partial charge is 0.481 e. The van der Waals surface area contributed by atoms with E-state index in [2.05, 4.69) is 10.6 Å². The minimum absolute atomic E-state index is 0.267. The molecule has 0 spiro atoms. The van der Waals surface area contributed by atoms with Gasteiger partial charge in [-0.15, -0.1) is 0 Å². The van der Waals surface area contributed by atoms with Crippen molar-refractivity contribution >= 4 is 35.5 Å². The maximum absolute atomic E-state index is 12.3. The van der Waals surface area contributed by atoms with E-state index in [1.807, 2.05) is 6.26 Å². The van der Waals surface area contributed by atoms with Crippen LogP contribution in [0, 0.1) is 5.92 Å². The number of carboxylic acids is 2. The number of hydrogen-bond donors (Lipinski definition) is 5. The molecule has 0 aliphatic heterocycles. The van der Waals surface area contributed by atoms with E-state index in [9.17, 15) is 19.2 Å². The van der Waals surface area contributed by atoms with E-state index in [1.165, 1.54) is 11.8 Å². The average Bonchev–Trinajstić information content (AvgIpc) is 2.46. The molecule has 6 N–H and O–H groups in total. The van der Waals surface area contributed by atoms with Crippen LogP contribution in [0.3, 0.4) is 0 Å². The molecule has 0 aromatic heterocycles. The molecule has 0 bridgehead atoms. The van der Waals surface area contributed by atoms with Gasteiger partial charge < -0.3 is 26.6 Å². The van der Waals surface area contributed by atoms with Crippen molar-refractivity contribution < 1.29 is 29.4 Å². The minimum Gasteiger partial charge on any atom is -0.481 e. The zero-order valence-electron chi connectivity index (χ0n) is 13.9. The molecule has 9 nitrogen and oxygen atoms in total. The number of carbonyl (C=O) groups is 4. The molecule has 0 radical (unpaired) electrons. The fraction of sp³-hybridized carbons (Fsp3) is 0.714. The lowest BCUT2D eigenvalue weighted by Gasteiger charge is -2.24. The zero-order valence-corrected chi connectivity index (χ0v) is 14.8. The van der Waals surface area contributed by atoms with Gasteiger partial charge in [0.1, 0.15) is 12.1 Å². The molecule has 2 amide bonds. The topological polar surface area (TPSA) is 159 Å². The number of rotatable bonds is 11. The second kappa shape index (κ2) is 10.9. The zero-order chi connectivity index (χ0) is 18.9. The van der Waals surface area contributed by atoms with Gasteiger partial charge in [-0.3, -0.25) is 14.4 Å². The Kier molecular flexibility index (Phi) is 10.0. The third kappa shape index (κ3) is 8.16. The molecule has 0 saturated heterocycles. The van der Waals surface area contributed by atoms with Gasteiger partial charge in [0.05, 0.1) is 12.5 Å². The van der Waals surface area contributed by atoms with Crippen LogP contribution in [0.5, 0.6) is 0 Å². The highest BCUT2D eigenvalue weighted by atomic mass is 32.2. The van der Waals surface area contributed by atoms with Crippen molar-refractivity contribution in [3.05, 3.63) is 0 Å². The molecule has 0 saturated carbocycles. The molecule has 0 aliphatic rings. The fourth-order valence-electron chi connectivity index (χ4n) is 1.83. The summed E-state index contributed by atoms with van der Waals surface area (Å²) >= 11 is 1.45. The van der Waals surface area contributed by atoms with Crippen molar-refractivity contribution in [1.82, 2.24) is 10.6 Å². The quantitative estimate of drug-likeness (QED) is 0.321. The summed E-state index contributed by atoms with van der Waals surface area (Å²) in [6.45, 7) is 3.30. The first-order valence-electron chi connectivity index (χ1n) is 7.40. The number of hydrogen-bond acceptors (Lipinski definition) is 6. The molecule has 3 atom stereocenters. The SMILES string of the molecule is CSCCC(NC(=O)C(N)CC(=O)O)C(=O)NC(C(=O)O)C(C)C. The summed E-state index contributed by atoms with van der Waals surface area (Å²) in [5.41, 5.74) is 5.47. The van der Waals surface area contributed by atoms with Gasteiger partial charge in [-0.05, 0) is 24.3 Å². The van der Waals surface area contributed by atoms with Crippen molar-refractivity contribution in [3.8, 4) is 0 Å².